The van der Waals surface area contributed by atoms with E-state index in [0.717, 1.165) is 28.9 Å². The quantitative estimate of drug-likeness (QED) is 0.653. The van der Waals surface area contributed by atoms with Crippen molar-refractivity contribution in [1.29, 1.82) is 10.5 Å². The van der Waals surface area contributed by atoms with Gasteiger partial charge in [-0.25, -0.2) is 0 Å². The van der Waals surface area contributed by atoms with Crippen molar-refractivity contribution >= 4 is 23.4 Å². The third-order valence-corrected chi connectivity index (χ3v) is 5.93. The number of anilines is 2. The van der Waals surface area contributed by atoms with Crippen LogP contribution in [0, 0.1) is 29.6 Å². The number of nitriles is 2. The Bertz CT molecular complexity index is 1070. The molecule has 0 aromatic heterocycles. The largest absolute Gasteiger partial charge is 0.366 e. The van der Waals surface area contributed by atoms with Gasteiger partial charge in [0.05, 0.1) is 0 Å². The Balaban J connectivity index is 1.88. The number of fused-ring (bicyclic) bond motifs is 1. The number of rotatable bonds is 5. The normalized spacial score (nSPS) is 16.5. The van der Waals surface area contributed by atoms with Crippen LogP contribution in [0.2, 0.25) is 0 Å². The lowest BCUT2D eigenvalue weighted by molar-refractivity contribution is -0.116. The van der Waals surface area contributed by atoms with Crippen LogP contribution in [0.4, 0.5) is 11.4 Å². The zero-order chi connectivity index (χ0) is 22.6. The average Bonchev–Trinajstić information content (AvgIpc) is 2.72. The van der Waals surface area contributed by atoms with Crippen LogP contribution in [0.3, 0.4) is 0 Å². The molecule has 1 unspecified atom stereocenters. The van der Waals surface area contributed by atoms with Crippen LogP contribution in [0.1, 0.15) is 56.2 Å². The topological polar surface area (TPSA) is 79.9 Å². The highest BCUT2D eigenvalue weighted by Gasteiger charge is 2.36. The van der Waals surface area contributed by atoms with Crippen molar-refractivity contribution < 1.29 is 4.79 Å². The second-order valence-electron chi connectivity index (χ2n) is 8.78. The third-order valence-electron chi connectivity index (χ3n) is 5.93. The molecule has 5 nitrogen and oxygen atoms in total. The van der Waals surface area contributed by atoms with Gasteiger partial charge in [0, 0.05) is 29.9 Å². The summed E-state index contributed by atoms with van der Waals surface area (Å²) in [6, 6.07) is 17.6. The fraction of sp³-hybridized carbons (Fsp3) is 0.346. The predicted octanol–water partition coefficient (Wildman–Crippen LogP) is 5.55. The maximum absolute atomic E-state index is 12.5. The van der Waals surface area contributed by atoms with Crippen molar-refractivity contribution in [2.45, 2.75) is 52.0 Å². The first-order valence-electron chi connectivity index (χ1n) is 10.5. The lowest BCUT2D eigenvalue weighted by Gasteiger charge is -2.48. The number of para-hydroxylation sites is 1. The molecule has 0 aliphatic carbocycles. The number of benzene rings is 2. The van der Waals surface area contributed by atoms with Crippen LogP contribution in [0.25, 0.3) is 6.08 Å². The van der Waals surface area contributed by atoms with Gasteiger partial charge < -0.3 is 10.2 Å². The van der Waals surface area contributed by atoms with Gasteiger partial charge in [0.2, 0.25) is 5.91 Å². The van der Waals surface area contributed by atoms with E-state index in [2.05, 4.69) is 43.1 Å². The van der Waals surface area contributed by atoms with E-state index in [-0.39, 0.29) is 17.0 Å². The molecule has 0 radical (unpaired) electrons. The first-order valence-corrected chi connectivity index (χ1v) is 10.5. The number of carbonyl (C=O) groups excluding carboxylic acids is 1. The van der Waals surface area contributed by atoms with Crippen molar-refractivity contribution in [3.8, 4) is 12.1 Å². The smallest absolute Gasteiger partial charge is 0.226 e. The van der Waals surface area contributed by atoms with Gasteiger partial charge in [-0.15, -0.1) is 0 Å². The number of nitrogens with zero attached hydrogens (tertiary/aromatic N) is 3. The lowest BCUT2D eigenvalue weighted by atomic mass is 9.78. The van der Waals surface area contributed by atoms with E-state index in [1.807, 2.05) is 49.4 Å². The highest BCUT2D eigenvalue weighted by atomic mass is 16.1. The van der Waals surface area contributed by atoms with Crippen molar-refractivity contribution in [3.05, 3.63) is 64.7 Å². The summed E-state index contributed by atoms with van der Waals surface area (Å²) in [7, 11) is 0. The fourth-order valence-electron chi connectivity index (χ4n) is 4.43. The van der Waals surface area contributed by atoms with Crippen LogP contribution >= 0.6 is 0 Å². The molecule has 0 spiro atoms. The molecule has 0 bridgehead atoms. The van der Waals surface area contributed by atoms with Gasteiger partial charge in [0.25, 0.3) is 0 Å². The molecule has 1 aliphatic rings. The number of nitrogens with one attached hydrogen (secondary N) is 1. The van der Waals surface area contributed by atoms with E-state index in [1.54, 1.807) is 6.08 Å². The standard InChI is InChI=1S/C26H28N4O/c1-18-12-24-23(14-21(18)13-20(16-27)17-28)19(2)15-26(3,4)30(24)11-10-25(31)29-22-8-6-5-7-9-22/h5-9,12-14,19H,10-11,15H2,1-4H3,(H,29,31). The van der Waals surface area contributed by atoms with Crippen LogP contribution in [-0.2, 0) is 4.79 Å². The predicted molar refractivity (Wildman–Crippen MR) is 125 cm³/mol. The molecule has 2 aromatic carbocycles. The van der Waals surface area contributed by atoms with Gasteiger partial charge in [-0.3, -0.25) is 4.79 Å². The van der Waals surface area contributed by atoms with E-state index < -0.39 is 0 Å². The zero-order valence-corrected chi connectivity index (χ0v) is 18.6. The Morgan fingerprint density at radius 2 is 1.90 bits per heavy atom. The van der Waals surface area contributed by atoms with Crippen LogP contribution < -0.4 is 10.2 Å². The number of aryl methyl sites for hydroxylation is 1. The molecule has 5 heteroatoms. The molecular formula is C26H28N4O. The Labute approximate surface area is 184 Å². The minimum Gasteiger partial charge on any atom is -0.366 e. The van der Waals surface area contributed by atoms with E-state index in [0.29, 0.717) is 18.9 Å². The fourth-order valence-corrected chi connectivity index (χ4v) is 4.43. The third kappa shape index (κ3) is 4.95. The number of carbonyl (C=O) groups is 1. The molecule has 2 aromatic rings. The van der Waals surface area contributed by atoms with Gasteiger partial charge >= 0.3 is 0 Å². The Morgan fingerprint density at radius 1 is 1.23 bits per heavy atom. The minimum atomic E-state index is -0.0896. The SMILES string of the molecule is Cc1cc2c(cc1C=C(C#N)C#N)C(C)CC(C)(C)N2CCC(=O)Nc1ccccc1. The molecule has 31 heavy (non-hydrogen) atoms. The number of allylic oxidation sites excluding steroid dienone is 1. The van der Waals surface area contributed by atoms with E-state index >= 15 is 0 Å². The molecule has 1 N–H and O–H groups in total. The molecule has 0 saturated heterocycles. The molecule has 0 fully saturated rings. The summed E-state index contributed by atoms with van der Waals surface area (Å²) >= 11 is 0. The van der Waals surface area contributed by atoms with Gasteiger partial charge in [-0.2, -0.15) is 10.5 Å². The number of hydrogen-bond donors (Lipinski definition) is 1. The molecule has 1 heterocycles. The van der Waals surface area contributed by atoms with Crippen molar-refractivity contribution in [3.63, 3.8) is 0 Å². The average molecular weight is 413 g/mol. The van der Waals surface area contributed by atoms with Gasteiger partial charge in [-0.05, 0) is 80.1 Å². The summed E-state index contributed by atoms with van der Waals surface area (Å²) in [5.74, 6) is 0.325. The first-order chi connectivity index (χ1) is 14.7. The monoisotopic (exact) mass is 412 g/mol. The second-order valence-corrected chi connectivity index (χ2v) is 8.78. The lowest BCUT2D eigenvalue weighted by Crippen LogP contribution is -2.49. The van der Waals surface area contributed by atoms with Crippen LogP contribution in [0.5, 0.6) is 0 Å². The Morgan fingerprint density at radius 3 is 2.55 bits per heavy atom. The van der Waals surface area contributed by atoms with Gasteiger partial charge in [-0.1, -0.05) is 25.1 Å². The zero-order valence-electron chi connectivity index (χ0n) is 18.6. The summed E-state index contributed by atoms with van der Waals surface area (Å²) in [4.78, 5) is 14.9. The van der Waals surface area contributed by atoms with E-state index in [1.165, 1.54) is 5.56 Å². The Kier molecular flexibility index (Phi) is 6.47. The summed E-state index contributed by atoms with van der Waals surface area (Å²) in [5, 5.41) is 21.2. The summed E-state index contributed by atoms with van der Waals surface area (Å²) < 4.78 is 0. The molecule has 158 valence electrons. The van der Waals surface area contributed by atoms with Gasteiger partial charge in [0.15, 0.2) is 0 Å². The highest BCUT2D eigenvalue weighted by molar-refractivity contribution is 5.91. The highest BCUT2D eigenvalue weighted by Crippen LogP contribution is 2.44. The Hall–Kier alpha value is -3.57. The maximum Gasteiger partial charge on any atom is 0.226 e. The molecule has 1 atom stereocenters. The molecule has 1 amide bonds. The van der Waals surface area contributed by atoms with E-state index in [4.69, 9.17) is 10.5 Å². The number of hydrogen-bond acceptors (Lipinski definition) is 4. The maximum atomic E-state index is 12.5. The summed E-state index contributed by atoms with van der Waals surface area (Å²) in [6.45, 7) is 9.24. The number of amides is 1. The molecule has 1 aliphatic heterocycles. The molecule has 3 rings (SSSR count). The van der Waals surface area contributed by atoms with E-state index in [9.17, 15) is 4.79 Å². The summed E-state index contributed by atoms with van der Waals surface area (Å²) in [5.41, 5.74) is 5.03. The van der Waals surface area contributed by atoms with Crippen LogP contribution in [0.15, 0.2) is 48.0 Å². The van der Waals surface area contributed by atoms with Crippen molar-refractivity contribution in [1.82, 2.24) is 0 Å². The minimum absolute atomic E-state index is 0.00821. The van der Waals surface area contributed by atoms with Crippen molar-refractivity contribution in [2.24, 2.45) is 0 Å². The first kappa shape index (κ1) is 22.1. The molecule has 0 saturated carbocycles. The second kappa shape index (κ2) is 9.06. The van der Waals surface area contributed by atoms with Crippen molar-refractivity contribution in [2.75, 3.05) is 16.8 Å². The van der Waals surface area contributed by atoms with Crippen LogP contribution in [-0.4, -0.2) is 18.0 Å². The molecular weight excluding hydrogens is 384 g/mol. The van der Waals surface area contributed by atoms with Gasteiger partial charge in [0.1, 0.15) is 17.7 Å². The summed E-state index contributed by atoms with van der Waals surface area (Å²) in [6.07, 6.45) is 3.00.